The number of carbonyl (C=O) groups is 1. The van der Waals surface area contributed by atoms with E-state index in [1.165, 1.54) is 73.8 Å². The Morgan fingerprint density at radius 1 is 0.566 bits per heavy atom. The van der Waals surface area contributed by atoms with Crippen LogP contribution in [0.15, 0.2) is 187 Å². The lowest BCUT2D eigenvalue weighted by Crippen LogP contribution is -2.33. The van der Waals surface area contributed by atoms with Gasteiger partial charge in [-0.1, -0.05) is 185 Å². The van der Waals surface area contributed by atoms with Crippen molar-refractivity contribution in [3.05, 3.63) is 199 Å². The quantitative estimate of drug-likeness (QED) is 0.0650. The van der Waals surface area contributed by atoms with E-state index in [0.717, 1.165) is 89.6 Å². The number of benzene rings is 5. The molecule has 1 N–H and O–H groups in total. The minimum absolute atomic E-state index is 0.143. The van der Waals surface area contributed by atoms with E-state index in [4.69, 9.17) is 4.74 Å². The fraction of sp³-hybridized carbons (Fsp3) is 0.328. The first-order valence-electron chi connectivity index (χ1n) is 27.2. The summed E-state index contributed by atoms with van der Waals surface area (Å²) in [4.78, 5) is 16.0. The molecule has 2 aliphatic rings. The summed E-state index contributed by atoms with van der Waals surface area (Å²) in [7, 11) is 0. The normalized spacial score (nSPS) is 13.1. The number of unbranched alkanes of at least 4 members (excludes halogenated alkanes) is 1. The van der Waals surface area contributed by atoms with Gasteiger partial charge in [0.1, 0.15) is 16.6 Å². The molecule has 76 heavy (non-hydrogen) atoms. The zero-order chi connectivity index (χ0) is 53.4. The Bertz CT molecular complexity index is 2780. The fourth-order valence-electron chi connectivity index (χ4n) is 8.71. The molecule has 396 valence electrons. The highest BCUT2D eigenvalue weighted by Crippen LogP contribution is 2.24. The molecular weight excluding hydrogens is 959 g/mol. The van der Waals surface area contributed by atoms with E-state index >= 15 is 0 Å². The number of ketones is 1. The number of rotatable bonds is 18. The van der Waals surface area contributed by atoms with Gasteiger partial charge in [0, 0.05) is 48.9 Å². The molecule has 10 rings (SSSR count). The number of likely N-dealkylation sites (tertiary alicyclic amines) is 1. The number of hydrogen-bond acceptors (Lipinski definition) is 12. The topological polar surface area (TPSA) is 122 Å². The predicted molar refractivity (Wildman–Crippen MR) is 314 cm³/mol. The van der Waals surface area contributed by atoms with Gasteiger partial charge in [0.15, 0.2) is 0 Å². The third-order valence-electron chi connectivity index (χ3n) is 12.7. The van der Waals surface area contributed by atoms with Gasteiger partial charge in [0.25, 0.3) is 0 Å². The molecule has 1 fully saturated rings. The molecule has 3 aromatic heterocycles. The summed E-state index contributed by atoms with van der Waals surface area (Å²) in [5, 5.41) is 29.5. The first-order chi connectivity index (χ1) is 37.5. The Labute approximate surface area is 457 Å². The molecule has 8 aromatic rings. The van der Waals surface area contributed by atoms with Crippen LogP contribution in [0.3, 0.4) is 0 Å². The molecule has 5 aromatic carbocycles. The van der Waals surface area contributed by atoms with Crippen LogP contribution in [0.25, 0.3) is 33.8 Å². The van der Waals surface area contributed by atoms with Crippen LogP contribution in [0.2, 0.25) is 0 Å². The van der Waals surface area contributed by atoms with E-state index in [1.54, 1.807) is 6.92 Å². The third-order valence-corrected chi connectivity index (χ3v) is 13.8. The van der Waals surface area contributed by atoms with Crippen molar-refractivity contribution in [1.82, 2.24) is 40.4 Å². The van der Waals surface area contributed by atoms with Gasteiger partial charge < -0.3 is 10.1 Å². The van der Waals surface area contributed by atoms with Gasteiger partial charge in [-0.05, 0) is 118 Å². The second-order valence-corrected chi connectivity index (χ2v) is 19.2. The molecule has 1 saturated heterocycles. The molecule has 0 unspecified atom stereocenters. The number of aromatic nitrogens is 6. The van der Waals surface area contributed by atoms with Crippen molar-refractivity contribution in [2.75, 3.05) is 50.4 Å². The third kappa shape index (κ3) is 20.2. The van der Waals surface area contributed by atoms with E-state index in [1.807, 2.05) is 143 Å². The lowest BCUT2D eigenvalue weighted by Gasteiger charge is -2.31. The van der Waals surface area contributed by atoms with E-state index < -0.39 is 0 Å². The van der Waals surface area contributed by atoms with Gasteiger partial charge in [-0.15, -0.1) is 30.6 Å². The van der Waals surface area contributed by atoms with Crippen molar-refractivity contribution in [1.29, 1.82) is 0 Å². The highest BCUT2D eigenvalue weighted by atomic mass is 32.2. The van der Waals surface area contributed by atoms with Crippen molar-refractivity contribution in [2.24, 2.45) is 5.92 Å². The summed E-state index contributed by atoms with van der Waals surface area (Å²) in [5.74, 6) is 2.79. The van der Waals surface area contributed by atoms with Crippen LogP contribution >= 0.6 is 11.8 Å². The van der Waals surface area contributed by atoms with Crippen LogP contribution in [-0.4, -0.2) is 91.3 Å². The number of piperidine rings is 1. The largest absolute Gasteiger partial charge is 0.477 e. The van der Waals surface area contributed by atoms with Crippen LogP contribution < -0.4 is 10.1 Å². The fourth-order valence-corrected chi connectivity index (χ4v) is 9.33. The van der Waals surface area contributed by atoms with Gasteiger partial charge >= 0.3 is 0 Å². The Kier molecular flexibility index (Phi) is 25.8. The number of hydrogen-bond donors (Lipinski definition) is 1. The van der Waals surface area contributed by atoms with Crippen molar-refractivity contribution in [3.63, 3.8) is 0 Å². The molecule has 0 saturated carbocycles. The number of nitrogens with zero attached hydrogens (tertiary/aromatic N) is 8. The molecule has 0 radical (unpaired) electrons. The zero-order valence-electron chi connectivity index (χ0n) is 45.3. The number of anilines is 1. The van der Waals surface area contributed by atoms with Crippen molar-refractivity contribution < 1.29 is 9.53 Å². The van der Waals surface area contributed by atoms with Gasteiger partial charge in [0.05, 0.1) is 29.4 Å². The highest BCUT2D eigenvalue weighted by Gasteiger charge is 2.20. The SMILES string of the molecule is CC.CC.CC(=O)CSc1ccc(-c2ccccc2)nn1.c1ccc(-c2ccc(NCCCCN3CCc4ccccc4C3)nn2)cc1.c1ccc(CN2CCC(CCOc3ccc(-c4ccccc4)nn3)CC2)cc1. The average Bonchev–Trinajstić information content (AvgIpc) is 3.50. The van der Waals surface area contributed by atoms with Crippen LogP contribution in [0.5, 0.6) is 5.88 Å². The number of ether oxygens (including phenoxy) is 1. The lowest BCUT2D eigenvalue weighted by atomic mass is 9.93. The van der Waals surface area contributed by atoms with Crippen LogP contribution in [0, 0.1) is 5.92 Å². The Balaban J connectivity index is 0.000000184. The highest BCUT2D eigenvalue weighted by molar-refractivity contribution is 7.99. The molecule has 0 atom stereocenters. The minimum atomic E-state index is 0.143. The van der Waals surface area contributed by atoms with Crippen molar-refractivity contribution >= 4 is 23.4 Å². The second-order valence-electron chi connectivity index (χ2n) is 18.2. The van der Waals surface area contributed by atoms with E-state index in [9.17, 15) is 4.79 Å². The molecule has 0 bridgehead atoms. The Morgan fingerprint density at radius 2 is 1.11 bits per heavy atom. The van der Waals surface area contributed by atoms with Gasteiger partial charge in [-0.3, -0.25) is 14.6 Å². The van der Waals surface area contributed by atoms with E-state index in [0.29, 0.717) is 18.2 Å². The summed E-state index contributed by atoms with van der Waals surface area (Å²) in [6.45, 7) is 18.1. The molecule has 0 amide bonds. The number of thioether (sulfide) groups is 1. The summed E-state index contributed by atoms with van der Waals surface area (Å²) in [5.41, 5.74) is 10.3. The maximum Gasteiger partial charge on any atom is 0.233 e. The zero-order valence-corrected chi connectivity index (χ0v) is 46.1. The number of Topliss-reactive ketones (excluding diaryl/α,β-unsaturated/α-hetero) is 1. The summed E-state index contributed by atoms with van der Waals surface area (Å²) in [6, 6.07) is 61.4. The van der Waals surface area contributed by atoms with Gasteiger partial charge in [-0.2, -0.15) is 0 Å². The first kappa shape index (κ1) is 58.1. The molecule has 5 heterocycles. The number of fused-ring (bicyclic) bond motifs is 1. The number of nitrogens with one attached hydrogen (secondary N) is 1. The molecule has 12 heteroatoms. The second kappa shape index (κ2) is 33.7. The minimum Gasteiger partial charge on any atom is -0.477 e. The summed E-state index contributed by atoms with van der Waals surface area (Å²) in [6.07, 6.45) is 7.09. The molecular formula is C64H77N9O2S. The van der Waals surface area contributed by atoms with Crippen molar-refractivity contribution in [3.8, 4) is 39.7 Å². The van der Waals surface area contributed by atoms with E-state index in [-0.39, 0.29) is 5.78 Å². The maximum absolute atomic E-state index is 10.8. The summed E-state index contributed by atoms with van der Waals surface area (Å²) >= 11 is 1.41. The van der Waals surface area contributed by atoms with Gasteiger partial charge in [0.2, 0.25) is 5.88 Å². The van der Waals surface area contributed by atoms with Crippen LogP contribution in [0.1, 0.15) is 83.4 Å². The lowest BCUT2D eigenvalue weighted by molar-refractivity contribution is -0.114. The Hall–Kier alpha value is -7.12. The van der Waals surface area contributed by atoms with Crippen LogP contribution in [-0.2, 0) is 24.3 Å². The molecule has 0 spiro atoms. The standard InChI is InChI=1S/C24H27N3O.C23H26N4.C13H12N2OS.2C2H6/c1-3-7-21(8-4-1)19-27-16-13-20(14-17-27)15-18-28-24-12-11-23(25-26-24)22-9-5-2-6-10-22;1-2-9-20(10-3-1)22-12-13-23(26-25-22)24-15-6-7-16-27-17-14-19-8-4-5-11-21(19)18-27;1-10(16)9-17-13-8-7-12(14-15-13)11-5-3-2-4-6-11;2*1-2/h1-12,20H,13-19H2;1-5,8-13H,6-7,14-18H2,(H,24,26);2-8H,9H2,1H3;2*1-2H3. The average molecular weight is 1040 g/mol. The molecule has 0 aliphatic carbocycles. The van der Waals surface area contributed by atoms with Gasteiger partial charge in [-0.25, -0.2) is 0 Å². The van der Waals surface area contributed by atoms with E-state index in [2.05, 4.69) is 112 Å². The smallest absolute Gasteiger partial charge is 0.233 e. The molecule has 2 aliphatic heterocycles. The number of carbonyl (C=O) groups excluding carboxylic acids is 1. The van der Waals surface area contributed by atoms with Crippen LogP contribution in [0.4, 0.5) is 5.82 Å². The maximum atomic E-state index is 10.8. The Morgan fingerprint density at radius 3 is 1.64 bits per heavy atom. The predicted octanol–water partition coefficient (Wildman–Crippen LogP) is 14.1. The monoisotopic (exact) mass is 1040 g/mol. The molecule has 11 nitrogen and oxygen atoms in total. The van der Waals surface area contributed by atoms with Crippen molar-refractivity contribution in [2.45, 2.75) is 91.3 Å². The first-order valence-corrected chi connectivity index (χ1v) is 28.2. The summed E-state index contributed by atoms with van der Waals surface area (Å²) < 4.78 is 5.83.